The van der Waals surface area contributed by atoms with Crippen molar-refractivity contribution in [3.8, 4) is 5.75 Å². The van der Waals surface area contributed by atoms with Gasteiger partial charge in [0.15, 0.2) is 0 Å². The monoisotopic (exact) mass is 230 g/mol. The Morgan fingerprint density at radius 3 is 2.88 bits per heavy atom. The highest BCUT2D eigenvalue weighted by Crippen LogP contribution is 2.34. The first-order valence-corrected chi connectivity index (χ1v) is 6.06. The Morgan fingerprint density at radius 1 is 1.29 bits per heavy atom. The molecule has 0 radical (unpaired) electrons. The minimum atomic E-state index is 0.0276. The van der Waals surface area contributed by atoms with Gasteiger partial charge in [0.1, 0.15) is 5.75 Å². The Balaban J connectivity index is 2.27. The predicted octanol–water partition coefficient (Wildman–Crippen LogP) is 2.56. The van der Waals surface area contributed by atoms with Crippen LogP contribution in [0.5, 0.6) is 5.75 Å². The lowest BCUT2D eigenvalue weighted by Gasteiger charge is -2.31. The Kier molecular flexibility index (Phi) is 2.20. The highest BCUT2D eigenvalue weighted by atomic mass is 16.5. The summed E-state index contributed by atoms with van der Waals surface area (Å²) in [4.78, 5) is 3.54. The van der Waals surface area contributed by atoms with Crippen LogP contribution in [0.15, 0.2) is 18.2 Å². The molecule has 2 N–H and O–H groups in total. The van der Waals surface area contributed by atoms with E-state index in [4.69, 9.17) is 4.74 Å². The third-order valence-corrected chi connectivity index (χ3v) is 3.68. The lowest BCUT2D eigenvalue weighted by molar-refractivity contribution is 0.374. The van der Waals surface area contributed by atoms with Crippen molar-refractivity contribution in [2.45, 2.75) is 25.8 Å². The van der Waals surface area contributed by atoms with Crippen molar-refractivity contribution in [1.82, 2.24) is 10.3 Å². The number of aromatic amines is 1. The van der Waals surface area contributed by atoms with E-state index in [1.165, 1.54) is 22.2 Å². The molecule has 0 saturated heterocycles. The summed E-state index contributed by atoms with van der Waals surface area (Å²) in [6.45, 7) is 5.47. The SMILES string of the molecule is COc1ccc2[nH]c3c(c2c1)CCNC3(C)C. The number of fused-ring (bicyclic) bond motifs is 3. The molecule has 1 aromatic carbocycles. The molecular formula is C14H18N2O. The van der Waals surface area contributed by atoms with E-state index in [0.717, 1.165) is 18.7 Å². The van der Waals surface area contributed by atoms with Crippen molar-refractivity contribution < 1.29 is 4.74 Å². The Hall–Kier alpha value is -1.48. The average Bonchev–Trinajstić information content (AvgIpc) is 2.68. The van der Waals surface area contributed by atoms with E-state index in [9.17, 15) is 0 Å². The summed E-state index contributed by atoms with van der Waals surface area (Å²) >= 11 is 0. The number of rotatable bonds is 1. The van der Waals surface area contributed by atoms with Crippen LogP contribution in [0.1, 0.15) is 25.1 Å². The largest absolute Gasteiger partial charge is 0.497 e. The fourth-order valence-corrected chi connectivity index (χ4v) is 2.74. The number of aromatic nitrogens is 1. The molecular weight excluding hydrogens is 212 g/mol. The third-order valence-electron chi connectivity index (χ3n) is 3.68. The number of ether oxygens (including phenoxy) is 1. The third kappa shape index (κ3) is 1.53. The number of benzene rings is 1. The molecule has 1 aromatic heterocycles. The summed E-state index contributed by atoms with van der Waals surface area (Å²) in [6.07, 6.45) is 1.08. The van der Waals surface area contributed by atoms with Gasteiger partial charge in [0, 0.05) is 23.1 Å². The van der Waals surface area contributed by atoms with Crippen LogP contribution >= 0.6 is 0 Å². The van der Waals surface area contributed by atoms with Gasteiger partial charge in [-0.3, -0.25) is 0 Å². The maximum atomic E-state index is 5.31. The molecule has 0 unspecified atom stereocenters. The molecule has 90 valence electrons. The molecule has 0 fully saturated rings. The molecule has 0 spiro atoms. The van der Waals surface area contributed by atoms with Crippen LogP contribution in [-0.2, 0) is 12.0 Å². The first-order chi connectivity index (χ1) is 8.12. The molecule has 17 heavy (non-hydrogen) atoms. The molecule has 3 heteroatoms. The molecule has 0 saturated carbocycles. The molecule has 2 heterocycles. The van der Waals surface area contributed by atoms with E-state index in [0.29, 0.717) is 0 Å². The van der Waals surface area contributed by atoms with Crippen LogP contribution in [-0.4, -0.2) is 18.6 Å². The second-order valence-electron chi connectivity index (χ2n) is 5.19. The zero-order chi connectivity index (χ0) is 12.0. The van der Waals surface area contributed by atoms with Gasteiger partial charge in [-0.2, -0.15) is 0 Å². The van der Waals surface area contributed by atoms with Crippen LogP contribution in [0.2, 0.25) is 0 Å². The number of hydrogen-bond donors (Lipinski definition) is 2. The van der Waals surface area contributed by atoms with Gasteiger partial charge in [-0.15, -0.1) is 0 Å². The van der Waals surface area contributed by atoms with Gasteiger partial charge < -0.3 is 15.0 Å². The van der Waals surface area contributed by atoms with Gasteiger partial charge in [-0.05, 0) is 44.0 Å². The lowest BCUT2D eigenvalue weighted by atomic mass is 9.90. The Bertz CT molecular complexity index is 569. The van der Waals surface area contributed by atoms with E-state index in [-0.39, 0.29) is 5.54 Å². The van der Waals surface area contributed by atoms with Gasteiger partial charge in [-0.1, -0.05) is 0 Å². The average molecular weight is 230 g/mol. The Labute approximate surface area is 101 Å². The standard InChI is InChI=1S/C14H18N2O/c1-14(2)13-10(6-7-15-14)11-8-9(17-3)4-5-12(11)16-13/h4-5,8,15-16H,6-7H2,1-3H3. The lowest BCUT2D eigenvalue weighted by Crippen LogP contribution is -2.42. The smallest absolute Gasteiger partial charge is 0.119 e. The maximum Gasteiger partial charge on any atom is 0.119 e. The van der Waals surface area contributed by atoms with Crippen molar-refractivity contribution in [3.05, 3.63) is 29.5 Å². The molecule has 1 aliphatic heterocycles. The van der Waals surface area contributed by atoms with E-state index in [1.54, 1.807) is 7.11 Å². The van der Waals surface area contributed by atoms with Gasteiger partial charge in [0.25, 0.3) is 0 Å². The number of H-pyrrole nitrogens is 1. The molecule has 0 atom stereocenters. The van der Waals surface area contributed by atoms with Crippen molar-refractivity contribution >= 4 is 10.9 Å². The molecule has 1 aliphatic rings. The fourth-order valence-electron chi connectivity index (χ4n) is 2.74. The van der Waals surface area contributed by atoms with Gasteiger partial charge in [0.2, 0.25) is 0 Å². The Morgan fingerprint density at radius 2 is 2.12 bits per heavy atom. The van der Waals surface area contributed by atoms with E-state index in [1.807, 2.05) is 6.07 Å². The molecule has 0 bridgehead atoms. The molecule has 0 aliphatic carbocycles. The summed E-state index contributed by atoms with van der Waals surface area (Å²) in [7, 11) is 1.71. The van der Waals surface area contributed by atoms with Gasteiger partial charge >= 0.3 is 0 Å². The summed E-state index contributed by atoms with van der Waals surface area (Å²) in [5, 5.41) is 4.84. The van der Waals surface area contributed by atoms with Crippen LogP contribution in [0.3, 0.4) is 0 Å². The normalized spacial score (nSPS) is 18.1. The molecule has 2 aromatic rings. The summed E-state index contributed by atoms with van der Waals surface area (Å²) in [5.41, 5.74) is 3.97. The summed E-state index contributed by atoms with van der Waals surface area (Å²) in [6, 6.07) is 6.24. The zero-order valence-corrected chi connectivity index (χ0v) is 10.6. The number of methoxy groups -OCH3 is 1. The molecule has 3 rings (SSSR count). The zero-order valence-electron chi connectivity index (χ0n) is 10.6. The molecule has 0 amide bonds. The van der Waals surface area contributed by atoms with Crippen LogP contribution < -0.4 is 10.1 Å². The maximum absolute atomic E-state index is 5.31. The highest BCUT2D eigenvalue weighted by molar-refractivity contribution is 5.86. The second-order valence-corrected chi connectivity index (χ2v) is 5.19. The quantitative estimate of drug-likeness (QED) is 0.790. The van der Waals surface area contributed by atoms with Crippen LogP contribution in [0.25, 0.3) is 10.9 Å². The van der Waals surface area contributed by atoms with Crippen molar-refractivity contribution in [1.29, 1.82) is 0 Å². The van der Waals surface area contributed by atoms with E-state index >= 15 is 0 Å². The highest BCUT2D eigenvalue weighted by Gasteiger charge is 2.29. The van der Waals surface area contributed by atoms with Crippen LogP contribution in [0, 0.1) is 0 Å². The predicted molar refractivity (Wildman–Crippen MR) is 69.6 cm³/mol. The minimum Gasteiger partial charge on any atom is -0.497 e. The van der Waals surface area contributed by atoms with Crippen LogP contribution in [0.4, 0.5) is 0 Å². The van der Waals surface area contributed by atoms with E-state index in [2.05, 4.69) is 36.3 Å². The topological polar surface area (TPSA) is 37.0 Å². The van der Waals surface area contributed by atoms with E-state index < -0.39 is 0 Å². The fraction of sp³-hybridized carbons (Fsp3) is 0.429. The number of nitrogens with one attached hydrogen (secondary N) is 2. The summed E-state index contributed by atoms with van der Waals surface area (Å²) < 4.78 is 5.31. The van der Waals surface area contributed by atoms with Crippen molar-refractivity contribution in [2.75, 3.05) is 13.7 Å². The number of hydrogen-bond acceptors (Lipinski definition) is 2. The summed E-state index contributed by atoms with van der Waals surface area (Å²) in [5.74, 6) is 0.927. The van der Waals surface area contributed by atoms with Gasteiger partial charge in [0.05, 0.1) is 12.6 Å². The molecule has 3 nitrogen and oxygen atoms in total. The minimum absolute atomic E-state index is 0.0276. The first kappa shape index (κ1) is 10.7. The van der Waals surface area contributed by atoms with Crippen molar-refractivity contribution in [3.63, 3.8) is 0 Å². The van der Waals surface area contributed by atoms with Gasteiger partial charge in [-0.25, -0.2) is 0 Å². The second kappa shape index (κ2) is 3.50. The van der Waals surface area contributed by atoms with Crippen molar-refractivity contribution in [2.24, 2.45) is 0 Å². The first-order valence-electron chi connectivity index (χ1n) is 6.06.